The Balaban J connectivity index is 1.58. The standard InChI is InChI=1S/C34H38N4O6S/c1-19(39)36-25-10-7-21-16-30(42-2)32(43-3)33(44-4)31(21)23-9-11-26(29(40)18-24(23)25)38-27(13-15-45-5)34(41)37-22-8-6-20-12-14-35-28(20)17-22/h6,8-9,11-12,14,16-18,25,27,35H,7,10,13,15H2,1-5H3,(H,36,39)(H,37,41)(H,38,40)/t25-,27-/m0/s1. The molecule has 0 saturated carbocycles. The summed E-state index contributed by atoms with van der Waals surface area (Å²) in [6, 6.07) is 13.5. The van der Waals surface area contributed by atoms with E-state index in [4.69, 9.17) is 14.2 Å². The number of benzene rings is 2. The number of aryl methyl sites for hydroxylation is 1. The van der Waals surface area contributed by atoms with E-state index in [1.807, 2.05) is 48.9 Å². The van der Waals surface area contributed by atoms with Crippen LogP contribution in [0.1, 0.15) is 36.9 Å². The van der Waals surface area contributed by atoms with E-state index in [1.54, 1.807) is 45.2 Å². The number of carbonyl (C=O) groups excluding carboxylic acids is 2. The van der Waals surface area contributed by atoms with Gasteiger partial charge in [0, 0.05) is 29.9 Å². The second-order valence-electron chi connectivity index (χ2n) is 10.8. The van der Waals surface area contributed by atoms with Crippen LogP contribution < -0.4 is 35.6 Å². The number of thioether (sulfide) groups is 1. The number of nitrogens with one attached hydrogen (secondary N) is 4. The third kappa shape index (κ3) is 6.73. The molecule has 1 aromatic heterocycles. The van der Waals surface area contributed by atoms with E-state index in [-0.39, 0.29) is 22.9 Å². The number of ether oxygens (including phenoxy) is 3. The summed E-state index contributed by atoms with van der Waals surface area (Å²) in [5, 5.41) is 10.3. The number of hydrogen-bond donors (Lipinski definition) is 4. The number of hydrogen-bond acceptors (Lipinski definition) is 8. The van der Waals surface area contributed by atoms with Crippen LogP contribution in [0.4, 0.5) is 11.4 Å². The summed E-state index contributed by atoms with van der Waals surface area (Å²) in [6.07, 6.45) is 5.47. The van der Waals surface area contributed by atoms with Gasteiger partial charge < -0.3 is 35.1 Å². The second kappa shape index (κ2) is 14.0. The van der Waals surface area contributed by atoms with Crippen LogP contribution in [-0.4, -0.2) is 56.2 Å². The van der Waals surface area contributed by atoms with Crippen molar-refractivity contribution in [3.05, 3.63) is 76.1 Å². The summed E-state index contributed by atoms with van der Waals surface area (Å²) >= 11 is 1.62. The fourth-order valence-electron chi connectivity index (χ4n) is 5.87. The van der Waals surface area contributed by atoms with Crippen molar-refractivity contribution in [1.82, 2.24) is 10.3 Å². The highest BCUT2D eigenvalue weighted by atomic mass is 32.2. The zero-order valence-electron chi connectivity index (χ0n) is 26.0. The Morgan fingerprint density at radius 1 is 1.02 bits per heavy atom. The highest BCUT2D eigenvalue weighted by molar-refractivity contribution is 7.98. The van der Waals surface area contributed by atoms with Crippen LogP contribution in [0.2, 0.25) is 0 Å². The van der Waals surface area contributed by atoms with Crippen molar-refractivity contribution < 1.29 is 23.8 Å². The molecule has 5 rings (SSSR count). The van der Waals surface area contributed by atoms with E-state index in [0.717, 1.165) is 22.0 Å². The number of amides is 2. The Morgan fingerprint density at radius 3 is 2.53 bits per heavy atom. The normalized spacial score (nSPS) is 14.4. The number of aromatic amines is 1. The quantitative estimate of drug-likeness (QED) is 0.171. The Morgan fingerprint density at radius 2 is 1.82 bits per heavy atom. The van der Waals surface area contributed by atoms with Crippen LogP contribution in [0.5, 0.6) is 17.2 Å². The lowest BCUT2D eigenvalue weighted by Gasteiger charge is -2.19. The molecule has 1 aliphatic carbocycles. The molecule has 0 bridgehead atoms. The number of anilines is 2. The molecule has 3 aromatic carbocycles. The van der Waals surface area contributed by atoms with Gasteiger partial charge in [0.25, 0.3) is 0 Å². The maximum Gasteiger partial charge on any atom is 0.246 e. The first-order valence-electron chi connectivity index (χ1n) is 14.7. The zero-order valence-corrected chi connectivity index (χ0v) is 26.9. The van der Waals surface area contributed by atoms with Crippen LogP contribution in [0, 0.1) is 0 Å². The monoisotopic (exact) mass is 630 g/mol. The van der Waals surface area contributed by atoms with E-state index in [2.05, 4.69) is 20.9 Å². The van der Waals surface area contributed by atoms with Crippen molar-refractivity contribution in [2.75, 3.05) is 44.0 Å². The molecule has 0 spiro atoms. The van der Waals surface area contributed by atoms with E-state index in [0.29, 0.717) is 59.1 Å². The Kier molecular flexibility index (Phi) is 9.87. The molecule has 45 heavy (non-hydrogen) atoms. The minimum absolute atomic E-state index is 0.206. The average Bonchev–Trinajstić information content (AvgIpc) is 3.38. The predicted molar refractivity (Wildman–Crippen MR) is 180 cm³/mol. The highest BCUT2D eigenvalue weighted by Crippen LogP contribution is 2.50. The van der Waals surface area contributed by atoms with Crippen LogP contribution >= 0.6 is 11.8 Å². The number of methoxy groups -OCH3 is 3. The lowest BCUT2D eigenvalue weighted by molar-refractivity contribution is -0.120. The molecule has 1 heterocycles. The third-order valence-electron chi connectivity index (χ3n) is 8.00. The fourth-order valence-corrected chi connectivity index (χ4v) is 6.35. The number of H-pyrrole nitrogens is 1. The van der Waals surface area contributed by atoms with Crippen molar-refractivity contribution in [3.63, 3.8) is 0 Å². The Labute approximate surface area is 266 Å². The van der Waals surface area contributed by atoms with Gasteiger partial charge in [-0.25, -0.2) is 0 Å². The molecule has 4 aromatic rings. The average molecular weight is 631 g/mol. The molecule has 0 aliphatic heterocycles. The van der Waals surface area contributed by atoms with Gasteiger partial charge in [-0.2, -0.15) is 11.8 Å². The maximum absolute atomic E-state index is 13.8. The highest BCUT2D eigenvalue weighted by Gasteiger charge is 2.30. The van der Waals surface area contributed by atoms with Gasteiger partial charge in [-0.3, -0.25) is 14.4 Å². The first-order chi connectivity index (χ1) is 21.8. The largest absolute Gasteiger partial charge is 0.493 e. The van der Waals surface area contributed by atoms with Gasteiger partial charge in [0.05, 0.1) is 33.1 Å². The summed E-state index contributed by atoms with van der Waals surface area (Å²) in [5.41, 5.74) is 4.60. The molecule has 10 nitrogen and oxygen atoms in total. The molecule has 0 saturated heterocycles. The minimum Gasteiger partial charge on any atom is -0.493 e. The summed E-state index contributed by atoms with van der Waals surface area (Å²) in [5.74, 6) is 1.69. The number of rotatable bonds is 11. The molecule has 0 radical (unpaired) electrons. The summed E-state index contributed by atoms with van der Waals surface area (Å²) in [7, 11) is 4.67. The van der Waals surface area contributed by atoms with Crippen molar-refractivity contribution in [2.24, 2.45) is 0 Å². The summed E-state index contributed by atoms with van der Waals surface area (Å²) in [4.78, 5) is 42.8. The number of fused-ring (bicyclic) bond motifs is 4. The maximum atomic E-state index is 13.8. The first kappa shape index (κ1) is 31.8. The van der Waals surface area contributed by atoms with E-state index >= 15 is 0 Å². The molecule has 2 atom stereocenters. The molecule has 2 amide bonds. The summed E-state index contributed by atoms with van der Waals surface area (Å²) in [6.45, 7) is 1.46. The van der Waals surface area contributed by atoms with Gasteiger partial charge in [-0.15, -0.1) is 0 Å². The zero-order chi connectivity index (χ0) is 32.1. The molecule has 0 unspecified atom stereocenters. The van der Waals surface area contributed by atoms with Gasteiger partial charge >= 0.3 is 0 Å². The van der Waals surface area contributed by atoms with Gasteiger partial charge in [0.15, 0.2) is 11.5 Å². The lowest BCUT2D eigenvalue weighted by atomic mass is 9.95. The Bertz CT molecular complexity index is 1790. The number of aromatic nitrogens is 1. The van der Waals surface area contributed by atoms with Crippen LogP contribution in [0.3, 0.4) is 0 Å². The van der Waals surface area contributed by atoms with Crippen LogP contribution in [0.15, 0.2) is 59.5 Å². The van der Waals surface area contributed by atoms with Crippen molar-refractivity contribution in [2.45, 2.75) is 38.3 Å². The van der Waals surface area contributed by atoms with E-state index < -0.39 is 12.1 Å². The van der Waals surface area contributed by atoms with Crippen molar-refractivity contribution in [3.8, 4) is 28.4 Å². The smallest absolute Gasteiger partial charge is 0.246 e. The van der Waals surface area contributed by atoms with Gasteiger partial charge in [-0.1, -0.05) is 12.1 Å². The molecule has 0 fully saturated rings. The molecular weight excluding hydrogens is 592 g/mol. The lowest BCUT2D eigenvalue weighted by Crippen LogP contribution is -2.36. The topological polar surface area (TPSA) is 131 Å². The predicted octanol–water partition coefficient (Wildman–Crippen LogP) is 5.52. The van der Waals surface area contributed by atoms with Crippen molar-refractivity contribution >= 4 is 45.9 Å². The molecular formula is C34H38N4O6S. The Hall–Kier alpha value is -4.64. The fraction of sp³-hybridized carbons (Fsp3) is 0.324. The SMILES string of the molecule is COc1cc2c(c(OC)c1OC)-c1ccc(N[C@@H](CCSC)C(=O)Nc3ccc4cc[nH]c4c3)c(=O)cc1[C@@H](NC(C)=O)CC2. The second-order valence-corrected chi connectivity index (χ2v) is 11.8. The summed E-state index contributed by atoms with van der Waals surface area (Å²) < 4.78 is 17.2. The van der Waals surface area contributed by atoms with Crippen LogP contribution in [0.25, 0.3) is 22.0 Å². The van der Waals surface area contributed by atoms with E-state index in [9.17, 15) is 14.4 Å². The van der Waals surface area contributed by atoms with Gasteiger partial charge in [-0.05, 0) is 89.7 Å². The molecule has 11 heteroatoms. The van der Waals surface area contributed by atoms with Gasteiger partial charge in [0.1, 0.15) is 6.04 Å². The van der Waals surface area contributed by atoms with E-state index in [1.165, 1.54) is 6.92 Å². The number of carbonyl (C=O) groups is 2. The van der Waals surface area contributed by atoms with Gasteiger partial charge in [0.2, 0.25) is 23.0 Å². The minimum atomic E-state index is -0.677. The molecule has 4 N–H and O–H groups in total. The first-order valence-corrected chi connectivity index (χ1v) is 16.1. The molecule has 236 valence electrons. The van der Waals surface area contributed by atoms with Crippen LogP contribution in [-0.2, 0) is 16.0 Å². The molecule has 1 aliphatic rings. The third-order valence-corrected chi connectivity index (χ3v) is 8.64. The van der Waals surface area contributed by atoms with Crippen molar-refractivity contribution in [1.29, 1.82) is 0 Å².